The molecule has 0 aliphatic carbocycles. The van der Waals surface area contributed by atoms with Crippen molar-refractivity contribution >= 4 is 41.2 Å². The summed E-state index contributed by atoms with van der Waals surface area (Å²) in [4.78, 5) is 38.6. The van der Waals surface area contributed by atoms with Gasteiger partial charge < -0.3 is 4.74 Å². The molecule has 2 aliphatic heterocycles. The summed E-state index contributed by atoms with van der Waals surface area (Å²) < 4.78 is 5.68. The zero-order valence-electron chi connectivity index (χ0n) is 15.3. The fourth-order valence-electron chi connectivity index (χ4n) is 3.41. The Balaban J connectivity index is 1.73. The van der Waals surface area contributed by atoms with Crippen LogP contribution < -0.4 is 15.0 Å². The van der Waals surface area contributed by atoms with Gasteiger partial charge in [-0.1, -0.05) is 23.7 Å². The largest absolute Gasteiger partial charge is 0.490 e. The van der Waals surface area contributed by atoms with Crippen molar-refractivity contribution in [3.8, 4) is 5.75 Å². The molecule has 1 atom stereocenters. The van der Waals surface area contributed by atoms with Crippen LogP contribution in [-0.4, -0.2) is 23.9 Å². The van der Waals surface area contributed by atoms with E-state index in [9.17, 15) is 14.4 Å². The number of fused-ring (bicyclic) bond motifs is 1. The van der Waals surface area contributed by atoms with Crippen molar-refractivity contribution in [2.24, 2.45) is 0 Å². The first kappa shape index (κ1) is 18.3. The van der Waals surface area contributed by atoms with E-state index in [2.05, 4.69) is 5.32 Å². The maximum atomic E-state index is 13.0. The summed E-state index contributed by atoms with van der Waals surface area (Å²) in [6.07, 6.45) is 2.34. The molecule has 4 rings (SSSR count). The molecule has 2 aromatic carbocycles. The van der Waals surface area contributed by atoms with Gasteiger partial charge in [0.1, 0.15) is 17.4 Å². The number of carbonyl (C=O) groups is 3. The van der Waals surface area contributed by atoms with Gasteiger partial charge in [-0.25, -0.2) is 9.69 Å². The molecular formula is C21H17ClN2O4. The molecule has 4 amide bonds. The van der Waals surface area contributed by atoms with Crippen LogP contribution in [0.1, 0.15) is 23.6 Å². The van der Waals surface area contributed by atoms with E-state index in [0.717, 1.165) is 22.6 Å². The van der Waals surface area contributed by atoms with E-state index < -0.39 is 17.8 Å². The van der Waals surface area contributed by atoms with Gasteiger partial charge in [-0.3, -0.25) is 14.9 Å². The van der Waals surface area contributed by atoms with Crippen molar-refractivity contribution in [2.45, 2.75) is 26.4 Å². The highest BCUT2D eigenvalue weighted by molar-refractivity contribution is 6.39. The summed E-state index contributed by atoms with van der Waals surface area (Å²) >= 11 is 6.13. The number of anilines is 1. The highest BCUT2D eigenvalue weighted by Gasteiger charge is 2.37. The second kappa shape index (κ2) is 6.80. The summed E-state index contributed by atoms with van der Waals surface area (Å²) in [5, 5.41) is 2.65. The topological polar surface area (TPSA) is 75.7 Å². The molecular weight excluding hydrogens is 380 g/mol. The average Bonchev–Trinajstić information content (AvgIpc) is 3.01. The first-order valence-electron chi connectivity index (χ1n) is 8.81. The van der Waals surface area contributed by atoms with Gasteiger partial charge in [0, 0.05) is 11.4 Å². The number of imide groups is 2. The molecule has 0 aromatic heterocycles. The summed E-state index contributed by atoms with van der Waals surface area (Å²) in [7, 11) is 0. The predicted molar refractivity (Wildman–Crippen MR) is 105 cm³/mol. The number of nitrogens with zero attached hydrogens (tertiary/aromatic N) is 1. The fourth-order valence-corrected chi connectivity index (χ4v) is 3.58. The van der Waals surface area contributed by atoms with Crippen molar-refractivity contribution in [1.29, 1.82) is 0 Å². The van der Waals surface area contributed by atoms with Crippen LogP contribution in [0.25, 0.3) is 6.08 Å². The minimum Gasteiger partial charge on any atom is -0.490 e. The zero-order chi connectivity index (χ0) is 20.0. The highest BCUT2D eigenvalue weighted by Crippen LogP contribution is 2.32. The van der Waals surface area contributed by atoms with E-state index >= 15 is 0 Å². The Hall–Kier alpha value is -3.12. The second-order valence-electron chi connectivity index (χ2n) is 6.84. The highest BCUT2D eigenvalue weighted by atomic mass is 35.5. The van der Waals surface area contributed by atoms with Crippen LogP contribution in [0.15, 0.2) is 42.0 Å². The van der Waals surface area contributed by atoms with Crippen molar-refractivity contribution < 1.29 is 19.1 Å². The molecule has 7 heteroatoms. The van der Waals surface area contributed by atoms with Crippen molar-refractivity contribution in [3.05, 3.63) is 63.7 Å². The van der Waals surface area contributed by atoms with Crippen molar-refractivity contribution in [3.63, 3.8) is 0 Å². The Labute approximate surface area is 166 Å². The molecule has 1 fully saturated rings. The number of nitrogens with one attached hydrogen (secondary N) is 1. The third-order valence-electron chi connectivity index (χ3n) is 4.81. The predicted octanol–water partition coefficient (Wildman–Crippen LogP) is 3.64. The SMILES string of the molecule is Cc1c(Cl)cccc1N1C(=O)NC(=O)/C(=C/c2ccc3c(c2)C[C@@H](C)O3)C1=O. The van der Waals surface area contributed by atoms with E-state index in [0.29, 0.717) is 21.8 Å². The molecule has 1 saturated heterocycles. The lowest BCUT2D eigenvalue weighted by molar-refractivity contribution is -0.122. The molecule has 28 heavy (non-hydrogen) atoms. The standard InChI is InChI=1S/C21H17ClN2O4/c1-11-8-14-9-13(6-7-18(14)28-11)10-15-19(25)23-21(27)24(20(15)26)17-5-3-4-16(22)12(17)2/h3-7,9-11H,8H2,1-2H3,(H,23,25,27)/b15-10-/t11-/m1/s1. The zero-order valence-corrected chi connectivity index (χ0v) is 16.0. The molecule has 1 N–H and O–H groups in total. The smallest absolute Gasteiger partial charge is 0.335 e. The van der Waals surface area contributed by atoms with E-state index in [1.807, 2.05) is 19.1 Å². The Morgan fingerprint density at radius 3 is 2.79 bits per heavy atom. The average molecular weight is 397 g/mol. The molecule has 2 heterocycles. The number of carbonyl (C=O) groups excluding carboxylic acids is 3. The maximum absolute atomic E-state index is 13.0. The van der Waals surface area contributed by atoms with Crippen LogP contribution in [0.2, 0.25) is 5.02 Å². The van der Waals surface area contributed by atoms with Gasteiger partial charge in [-0.15, -0.1) is 0 Å². The number of barbiturate groups is 1. The summed E-state index contributed by atoms with van der Waals surface area (Å²) in [5.41, 5.74) is 2.50. The summed E-state index contributed by atoms with van der Waals surface area (Å²) in [6, 6.07) is 9.61. The lowest BCUT2D eigenvalue weighted by atomic mass is 10.0. The van der Waals surface area contributed by atoms with E-state index in [-0.39, 0.29) is 11.7 Å². The van der Waals surface area contributed by atoms with Crippen LogP contribution in [0, 0.1) is 6.92 Å². The van der Waals surface area contributed by atoms with Crippen LogP contribution in [-0.2, 0) is 16.0 Å². The molecule has 0 bridgehead atoms. The molecule has 2 aromatic rings. The molecule has 2 aliphatic rings. The van der Waals surface area contributed by atoms with Gasteiger partial charge in [-0.05, 0) is 60.9 Å². The number of ether oxygens (including phenoxy) is 1. The van der Waals surface area contributed by atoms with Crippen LogP contribution in [0.4, 0.5) is 10.5 Å². The van der Waals surface area contributed by atoms with Crippen LogP contribution in [0.5, 0.6) is 5.75 Å². The first-order chi connectivity index (χ1) is 13.3. The van der Waals surface area contributed by atoms with Crippen LogP contribution in [0.3, 0.4) is 0 Å². The number of hydrogen-bond donors (Lipinski definition) is 1. The van der Waals surface area contributed by atoms with Gasteiger partial charge in [0.25, 0.3) is 11.8 Å². The minimum absolute atomic E-state index is 0.0939. The van der Waals surface area contributed by atoms with Crippen molar-refractivity contribution in [2.75, 3.05) is 4.90 Å². The second-order valence-corrected chi connectivity index (χ2v) is 7.25. The monoisotopic (exact) mass is 396 g/mol. The number of rotatable bonds is 2. The Morgan fingerprint density at radius 1 is 1.21 bits per heavy atom. The molecule has 0 saturated carbocycles. The van der Waals surface area contributed by atoms with Crippen LogP contribution >= 0.6 is 11.6 Å². The Bertz CT molecular complexity index is 1060. The third kappa shape index (κ3) is 3.05. The van der Waals surface area contributed by atoms with Gasteiger partial charge >= 0.3 is 6.03 Å². The lowest BCUT2D eigenvalue weighted by Gasteiger charge is -2.27. The lowest BCUT2D eigenvalue weighted by Crippen LogP contribution is -2.54. The molecule has 142 valence electrons. The normalized spacial score (nSPS) is 20.2. The Kier molecular flexibility index (Phi) is 4.43. The number of halogens is 1. The van der Waals surface area contributed by atoms with Gasteiger partial charge in [-0.2, -0.15) is 0 Å². The minimum atomic E-state index is -0.798. The number of urea groups is 1. The van der Waals surface area contributed by atoms with Crippen molar-refractivity contribution in [1.82, 2.24) is 5.32 Å². The molecule has 0 spiro atoms. The summed E-state index contributed by atoms with van der Waals surface area (Å²) in [5.74, 6) is -0.610. The van der Waals surface area contributed by atoms with Gasteiger partial charge in [0.2, 0.25) is 0 Å². The molecule has 0 radical (unpaired) electrons. The maximum Gasteiger partial charge on any atom is 0.335 e. The fraction of sp³-hybridized carbons (Fsp3) is 0.190. The Morgan fingerprint density at radius 2 is 2.00 bits per heavy atom. The third-order valence-corrected chi connectivity index (χ3v) is 5.22. The van der Waals surface area contributed by atoms with E-state index in [4.69, 9.17) is 16.3 Å². The van der Waals surface area contributed by atoms with E-state index in [1.165, 1.54) is 6.08 Å². The number of hydrogen-bond acceptors (Lipinski definition) is 4. The number of benzene rings is 2. The van der Waals surface area contributed by atoms with E-state index in [1.54, 1.807) is 31.2 Å². The first-order valence-corrected chi connectivity index (χ1v) is 9.19. The summed E-state index contributed by atoms with van der Waals surface area (Å²) in [6.45, 7) is 3.69. The molecule has 0 unspecified atom stereocenters. The van der Waals surface area contributed by atoms with Gasteiger partial charge in [0.15, 0.2) is 0 Å². The molecule has 6 nitrogen and oxygen atoms in total. The number of amides is 4. The quantitative estimate of drug-likeness (QED) is 0.621. The van der Waals surface area contributed by atoms with Gasteiger partial charge in [0.05, 0.1) is 5.69 Å².